The second-order valence-electron chi connectivity index (χ2n) is 11.4. The average molecular weight is 473 g/mol. The highest BCUT2D eigenvalue weighted by Crippen LogP contribution is 2.70. The van der Waals surface area contributed by atoms with Crippen molar-refractivity contribution in [3.8, 4) is 0 Å². The van der Waals surface area contributed by atoms with E-state index in [1.165, 1.54) is 0 Å². The highest BCUT2D eigenvalue weighted by molar-refractivity contribution is 5.75. The molecule has 8 nitrogen and oxygen atoms in total. The van der Waals surface area contributed by atoms with Crippen LogP contribution in [0.1, 0.15) is 71.5 Å². The van der Waals surface area contributed by atoms with Crippen molar-refractivity contribution in [2.45, 2.75) is 83.2 Å². The molecule has 4 aliphatic rings. The van der Waals surface area contributed by atoms with Crippen LogP contribution in [0.25, 0.3) is 0 Å². The summed E-state index contributed by atoms with van der Waals surface area (Å²) in [7, 11) is 0. The highest BCUT2D eigenvalue weighted by atomic mass is 16.6. The van der Waals surface area contributed by atoms with Crippen molar-refractivity contribution in [2.75, 3.05) is 0 Å². The van der Waals surface area contributed by atoms with Gasteiger partial charge in [-0.15, -0.1) is 0 Å². The van der Waals surface area contributed by atoms with Crippen LogP contribution in [0, 0.1) is 22.7 Å². The first-order valence-electron chi connectivity index (χ1n) is 11.9. The van der Waals surface area contributed by atoms with Crippen molar-refractivity contribution in [3.63, 3.8) is 0 Å². The van der Waals surface area contributed by atoms with Gasteiger partial charge >= 0.3 is 17.9 Å². The van der Waals surface area contributed by atoms with Gasteiger partial charge in [0.05, 0.1) is 37.9 Å². The highest BCUT2D eigenvalue weighted by Gasteiger charge is 2.72. The SMILES string of the molecule is C=C1[C@H]2CC[C@]3(C)[C@@H](c4ccoc4)OC(=O)C[C@@]13O[C@H]1CC(=O)OC(C)(C)[C@@H](CC(=O)O)[C@@]12C. The molecule has 2 bridgehead atoms. The van der Waals surface area contributed by atoms with Crippen LogP contribution >= 0.6 is 0 Å². The standard InChI is InChI=1S/C26H32O8/c1-14-16-6-8-24(4)22(15-7-9-31-13-15)32-21(30)12-26(14,24)33-18-11-20(29)34-23(2,3)17(10-19(27)28)25(16,18)5/h7,9,13,16-18,22H,1,6,8,10-12H2,2-5H3,(H,27,28)/t16-,17-,18+,22-,24-,25+,26-/m1/s1. The summed E-state index contributed by atoms with van der Waals surface area (Å²) in [4.78, 5) is 37.8. The number of carboxylic acid groups (broad SMARTS) is 1. The van der Waals surface area contributed by atoms with E-state index in [1.54, 1.807) is 32.4 Å². The third-order valence-corrected chi connectivity index (χ3v) is 9.37. The van der Waals surface area contributed by atoms with Crippen molar-refractivity contribution in [3.05, 3.63) is 36.3 Å². The second kappa shape index (κ2) is 7.20. The van der Waals surface area contributed by atoms with Gasteiger partial charge in [-0.2, -0.15) is 0 Å². The Morgan fingerprint density at radius 3 is 2.59 bits per heavy atom. The zero-order valence-corrected chi connectivity index (χ0v) is 20.1. The number of carbonyl (C=O) groups excluding carboxylic acids is 2. The fourth-order valence-electron chi connectivity index (χ4n) is 7.70. The Labute approximate surface area is 198 Å². The summed E-state index contributed by atoms with van der Waals surface area (Å²) in [5.74, 6) is -2.43. The van der Waals surface area contributed by atoms with E-state index in [1.807, 2.05) is 6.92 Å². The molecule has 1 aromatic heterocycles. The molecule has 1 aliphatic carbocycles. The third-order valence-electron chi connectivity index (χ3n) is 9.37. The Morgan fingerprint density at radius 2 is 1.94 bits per heavy atom. The number of esters is 2. The lowest BCUT2D eigenvalue weighted by Crippen LogP contribution is -2.70. The molecule has 4 fully saturated rings. The molecule has 8 heteroatoms. The van der Waals surface area contributed by atoms with Gasteiger partial charge in [0.15, 0.2) is 0 Å². The summed E-state index contributed by atoms with van der Waals surface area (Å²) in [6, 6.07) is 1.79. The summed E-state index contributed by atoms with van der Waals surface area (Å²) < 4.78 is 23.9. The number of carbonyl (C=O) groups is 3. The quantitative estimate of drug-likeness (QED) is 0.515. The van der Waals surface area contributed by atoms with Crippen LogP contribution in [0.4, 0.5) is 0 Å². The molecule has 3 aliphatic heterocycles. The minimum Gasteiger partial charge on any atom is -0.481 e. The Hall–Kier alpha value is -2.61. The van der Waals surface area contributed by atoms with Crippen LogP contribution in [-0.4, -0.2) is 40.3 Å². The van der Waals surface area contributed by atoms with E-state index in [0.717, 1.165) is 11.1 Å². The summed E-state index contributed by atoms with van der Waals surface area (Å²) in [5, 5.41) is 9.78. The number of fused-ring (bicyclic) bond motifs is 3. The molecular formula is C26H32O8. The molecular weight excluding hydrogens is 440 g/mol. The number of cyclic esters (lactones) is 2. The van der Waals surface area contributed by atoms with Crippen molar-refractivity contribution >= 4 is 17.9 Å². The van der Waals surface area contributed by atoms with Gasteiger partial charge in [0.1, 0.15) is 17.3 Å². The van der Waals surface area contributed by atoms with Gasteiger partial charge in [-0.1, -0.05) is 20.4 Å². The fraction of sp³-hybridized carbons (Fsp3) is 0.654. The van der Waals surface area contributed by atoms with Gasteiger partial charge in [0.2, 0.25) is 0 Å². The lowest BCUT2D eigenvalue weighted by Gasteiger charge is -2.68. The molecule has 4 heterocycles. The summed E-state index contributed by atoms with van der Waals surface area (Å²) >= 11 is 0. The third kappa shape index (κ3) is 2.90. The maximum Gasteiger partial charge on any atom is 0.309 e. The van der Waals surface area contributed by atoms with Gasteiger partial charge in [-0.3, -0.25) is 14.4 Å². The molecule has 1 saturated carbocycles. The van der Waals surface area contributed by atoms with E-state index in [-0.39, 0.29) is 25.2 Å². The van der Waals surface area contributed by atoms with E-state index >= 15 is 0 Å². The topological polar surface area (TPSA) is 112 Å². The van der Waals surface area contributed by atoms with Crippen LogP contribution in [0.3, 0.4) is 0 Å². The van der Waals surface area contributed by atoms with Gasteiger partial charge in [-0.25, -0.2) is 0 Å². The van der Waals surface area contributed by atoms with Crippen LogP contribution in [0.15, 0.2) is 35.2 Å². The largest absolute Gasteiger partial charge is 0.481 e. The Kier molecular flexibility index (Phi) is 4.90. The number of hydrogen-bond donors (Lipinski definition) is 1. The summed E-state index contributed by atoms with van der Waals surface area (Å²) in [6.07, 6.45) is 3.13. The van der Waals surface area contributed by atoms with Gasteiger partial charge in [0.25, 0.3) is 0 Å². The molecule has 34 heavy (non-hydrogen) atoms. The summed E-state index contributed by atoms with van der Waals surface area (Å²) in [6.45, 7) is 12.1. The number of hydrogen-bond acceptors (Lipinski definition) is 7. The molecule has 1 aromatic rings. The van der Waals surface area contributed by atoms with Gasteiger partial charge in [-0.05, 0) is 44.2 Å². The molecule has 7 atom stereocenters. The molecule has 3 saturated heterocycles. The van der Waals surface area contributed by atoms with E-state index in [9.17, 15) is 19.5 Å². The predicted molar refractivity (Wildman–Crippen MR) is 118 cm³/mol. The second-order valence-corrected chi connectivity index (χ2v) is 11.4. The van der Waals surface area contributed by atoms with Crippen LogP contribution < -0.4 is 0 Å². The fourth-order valence-corrected chi connectivity index (χ4v) is 7.70. The molecule has 5 rings (SSSR count). The lowest BCUT2D eigenvalue weighted by atomic mass is 9.45. The molecule has 0 unspecified atom stereocenters. The first-order chi connectivity index (χ1) is 15.8. The Bertz CT molecular complexity index is 1060. The maximum atomic E-state index is 12.9. The average Bonchev–Trinajstić information content (AvgIpc) is 3.23. The van der Waals surface area contributed by atoms with E-state index in [0.29, 0.717) is 12.8 Å². The molecule has 0 aromatic carbocycles. The van der Waals surface area contributed by atoms with Gasteiger partial charge < -0.3 is 23.7 Å². The van der Waals surface area contributed by atoms with Crippen LogP contribution in [0.2, 0.25) is 0 Å². The number of rotatable bonds is 3. The molecule has 0 amide bonds. The molecule has 1 spiro atoms. The van der Waals surface area contributed by atoms with E-state index in [2.05, 4.69) is 13.5 Å². The number of aliphatic carboxylic acids is 1. The smallest absolute Gasteiger partial charge is 0.309 e. The van der Waals surface area contributed by atoms with Crippen LogP contribution in [0.5, 0.6) is 0 Å². The molecule has 1 N–H and O–H groups in total. The predicted octanol–water partition coefficient (Wildman–Crippen LogP) is 4.20. The first kappa shape index (κ1) is 23.1. The van der Waals surface area contributed by atoms with E-state index in [4.69, 9.17) is 18.6 Å². The zero-order valence-electron chi connectivity index (χ0n) is 20.1. The normalized spacial score (nSPS) is 43.1. The first-order valence-corrected chi connectivity index (χ1v) is 11.9. The number of ether oxygens (including phenoxy) is 3. The van der Waals surface area contributed by atoms with Crippen molar-refractivity contribution in [1.82, 2.24) is 0 Å². The monoisotopic (exact) mass is 472 g/mol. The van der Waals surface area contributed by atoms with Crippen molar-refractivity contribution in [1.29, 1.82) is 0 Å². The van der Waals surface area contributed by atoms with Crippen molar-refractivity contribution < 1.29 is 38.1 Å². The minimum atomic E-state index is -1.04. The lowest BCUT2D eigenvalue weighted by molar-refractivity contribution is -0.290. The van der Waals surface area contributed by atoms with Crippen molar-refractivity contribution in [2.24, 2.45) is 22.7 Å². The maximum absolute atomic E-state index is 12.9. The minimum absolute atomic E-state index is 0.00179. The molecule has 0 radical (unpaired) electrons. The van der Waals surface area contributed by atoms with E-state index < -0.39 is 58.1 Å². The summed E-state index contributed by atoms with van der Waals surface area (Å²) in [5.41, 5.74) is -1.86. The molecule has 184 valence electrons. The van der Waals surface area contributed by atoms with Crippen LogP contribution in [-0.2, 0) is 28.6 Å². The zero-order chi connectivity index (χ0) is 24.7. The Balaban J connectivity index is 1.66. The number of carboxylic acids is 1. The number of furan rings is 1. The Morgan fingerprint density at radius 1 is 1.21 bits per heavy atom. The van der Waals surface area contributed by atoms with Gasteiger partial charge in [0, 0.05) is 22.3 Å².